The van der Waals surface area contributed by atoms with Crippen LogP contribution in [0.15, 0.2) is 60.7 Å². The van der Waals surface area contributed by atoms with Crippen molar-refractivity contribution in [3.05, 3.63) is 66.2 Å². The van der Waals surface area contributed by atoms with Gasteiger partial charge in [-0.25, -0.2) is 0 Å². The van der Waals surface area contributed by atoms with Crippen LogP contribution in [0.3, 0.4) is 0 Å². The van der Waals surface area contributed by atoms with E-state index in [2.05, 4.69) is 59.2 Å². The number of hydrogen-bond acceptors (Lipinski definition) is 3. The highest BCUT2D eigenvalue weighted by Gasteiger charge is 2.20. The molecule has 0 aromatic heterocycles. The van der Waals surface area contributed by atoms with Crippen molar-refractivity contribution in [3.8, 4) is 5.75 Å². The van der Waals surface area contributed by atoms with Gasteiger partial charge >= 0.3 is 0 Å². The largest absolute Gasteiger partial charge is 0.494 e. The van der Waals surface area contributed by atoms with Gasteiger partial charge in [-0.05, 0) is 42.1 Å². The third-order valence-corrected chi connectivity index (χ3v) is 4.01. The second kappa shape index (κ2) is 5.26. The molecule has 110 valence electrons. The molecule has 0 saturated carbocycles. The standard InChI is InChI=1S/C19H18N2O/c1-2-22-15-9-3-8-14(12-15)19-20-16-10-4-6-13-7-5-11-17(21-19)18(13)16/h3-12,19-21H,2H2,1H3. The van der Waals surface area contributed by atoms with E-state index >= 15 is 0 Å². The molecule has 3 heteroatoms. The summed E-state index contributed by atoms with van der Waals surface area (Å²) in [6.07, 6.45) is 0.0425. The third-order valence-electron chi connectivity index (χ3n) is 4.01. The Balaban J connectivity index is 1.74. The Morgan fingerprint density at radius 3 is 2.27 bits per heavy atom. The fourth-order valence-corrected chi connectivity index (χ4v) is 3.05. The van der Waals surface area contributed by atoms with Gasteiger partial charge in [0.05, 0.1) is 6.61 Å². The van der Waals surface area contributed by atoms with Crippen LogP contribution < -0.4 is 15.4 Å². The average Bonchev–Trinajstić information content (AvgIpc) is 2.56. The van der Waals surface area contributed by atoms with Crippen LogP contribution in [0.2, 0.25) is 0 Å². The summed E-state index contributed by atoms with van der Waals surface area (Å²) in [5.41, 5.74) is 3.50. The Hall–Kier alpha value is -2.68. The van der Waals surface area contributed by atoms with Gasteiger partial charge in [0, 0.05) is 16.8 Å². The summed E-state index contributed by atoms with van der Waals surface area (Å²) in [7, 11) is 0. The molecule has 3 aromatic carbocycles. The first kappa shape index (κ1) is 13.0. The van der Waals surface area contributed by atoms with Crippen molar-refractivity contribution in [1.29, 1.82) is 0 Å². The summed E-state index contributed by atoms with van der Waals surface area (Å²) >= 11 is 0. The van der Waals surface area contributed by atoms with Crippen LogP contribution >= 0.6 is 0 Å². The zero-order valence-electron chi connectivity index (χ0n) is 12.5. The van der Waals surface area contributed by atoms with E-state index in [-0.39, 0.29) is 6.17 Å². The molecule has 0 aliphatic carbocycles. The Bertz CT molecular complexity index is 788. The molecule has 0 radical (unpaired) electrons. The van der Waals surface area contributed by atoms with E-state index in [0.717, 1.165) is 11.3 Å². The monoisotopic (exact) mass is 290 g/mol. The number of hydrogen-bond donors (Lipinski definition) is 2. The van der Waals surface area contributed by atoms with E-state index in [1.54, 1.807) is 0 Å². The third kappa shape index (κ3) is 2.15. The maximum absolute atomic E-state index is 5.61. The molecule has 0 unspecified atom stereocenters. The summed E-state index contributed by atoms with van der Waals surface area (Å²) in [5.74, 6) is 0.903. The molecule has 0 atom stereocenters. The first-order valence-corrected chi connectivity index (χ1v) is 7.63. The molecule has 0 saturated heterocycles. The molecular formula is C19H18N2O. The Labute approximate surface area is 129 Å². The van der Waals surface area contributed by atoms with Crippen LogP contribution in [0.4, 0.5) is 11.4 Å². The minimum atomic E-state index is 0.0425. The molecule has 3 aromatic rings. The van der Waals surface area contributed by atoms with Gasteiger partial charge < -0.3 is 15.4 Å². The molecular weight excluding hydrogens is 272 g/mol. The molecule has 0 spiro atoms. The first-order valence-electron chi connectivity index (χ1n) is 7.63. The van der Waals surface area contributed by atoms with E-state index in [1.165, 1.54) is 22.1 Å². The molecule has 0 amide bonds. The van der Waals surface area contributed by atoms with Gasteiger partial charge in [-0.3, -0.25) is 0 Å². The average molecular weight is 290 g/mol. The molecule has 1 heterocycles. The van der Waals surface area contributed by atoms with Crippen LogP contribution in [0.25, 0.3) is 10.8 Å². The molecule has 3 nitrogen and oxygen atoms in total. The summed E-state index contributed by atoms with van der Waals surface area (Å²) < 4.78 is 5.61. The minimum Gasteiger partial charge on any atom is -0.494 e. The summed E-state index contributed by atoms with van der Waals surface area (Å²) in [6.45, 7) is 2.68. The molecule has 2 N–H and O–H groups in total. The highest BCUT2D eigenvalue weighted by atomic mass is 16.5. The van der Waals surface area contributed by atoms with Crippen molar-refractivity contribution in [2.45, 2.75) is 13.1 Å². The van der Waals surface area contributed by atoms with Crippen LogP contribution in [-0.4, -0.2) is 6.61 Å². The topological polar surface area (TPSA) is 33.3 Å². The lowest BCUT2D eigenvalue weighted by atomic mass is 10.0. The lowest BCUT2D eigenvalue weighted by molar-refractivity contribution is 0.340. The van der Waals surface area contributed by atoms with Crippen LogP contribution in [0.1, 0.15) is 18.7 Å². The molecule has 4 rings (SSSR count). The lowest BCUT2D eigenvalue weighted by Crippen LogP contribution is -2.23. The normalized spacial score (nSPS) is 13.5. The van der Waals surface area contributed by atoms with Gasteiger partial charge in [-0.1, -0.05) is 36.4 Å². The fraction of sp³-hybridized carbons (Fsp3) is 0.158. The predicted molar refractivity (Wildman–Crippen MR) is 91.5 cm³/mol. The Kier molecular flexibility index (Phi) is 3.11. The molecule has 0 bridgehead atoms. The number of ether oxygens (including phenoxy) is 1. The fourth-order valence-electron chi connectivity index (χ4n) is 3.05. The second-order valence-corrected chi connectivity index (χ2v) is 5.44. The number of rotatable bonds is 3. The first-order chi connectivity index (χ1) is 10.8. The van der Waals surface area contributed by atoms with Crippen molar-refractivity contribution in [2.75, 3.05) is 17.2 Å². The van der Waals surface area contributed by atoms with Crippen LogP contribution in [0.5, 0.6) is 5.75 Å². The van der Waals surface area contributed by atoms with Gasteiger partial charge in [0.2, 0.25) is 0 Å². The van der Waals surface area contributed by atoms with Crippen molar-refractivity contribution < 1.29 is 4.74 Å². The van der Waals surface area contributed by atoms with E-state index in [0.29, 0.717) is 6.61 Å². The smallest absolute Gasteiger partial charge is 0.123 e. The van der Waals surface area contributed by atoms with Crippen molar-refractivity contribution >= 4 is 22.1 Å². The van der Waals surface area contributed by atoms with Crippen molar-refractivity contribution in [1.82, 2.24) is 0 Å². The minimum absolute atomic E-state index is 0.0425. The van der Waals surface area contributed by atoms with E-state index in [4.69, 9.17) is 4.74 Å². The van der Waals surface area contributed by atoms with Gasteiger partial charge in [-0.2, -0.15) is 0 Å². The highest BCUT2D eigenvalue weighted by Crippen LogP contribution is 2.38. The lowest BCUT2D eigenvalue weighted by Gasteiger charge is -2.30. The Morgan fingerprint density at radius 2 is 1.59 bits per heavy atom. The summed E-state index contributed by atoms with van der Waals surface area (Å²) in [6, 6.07) is 20.9. The molecule has 0 fully saturated rings. The van der Waals surface area contributed by atoms with Gasteiger partial charge in [-0.15, -0.1) is 0 Å². The zero-order valence-corrected chi connectivity index (χ0v) is 12.5. The van der Waals surface area contributed by atoms with E-state index < -0.39 is 0 Å². The summed E-state index contributed by atoms with van der Waals surface area (Å²) in [4.78, 5) is 0. The van der Waals surface area contributed by atoms with Gasteiger partial charge in [0.15, 0.2) is 0 Å². The Morgan fingerprint density at radius 1 is 0.909 bits per heavy atom. The number of anilines is 2. The number of nitrogens with one attached hydrogen (secondary N) is 2. The van der Waals surface area contributed by atoms with Gasteiger partial charge in [0.1, 0.15) is 11.9 Å². The van der Waals surface area contributed by atoms with E-state index in [1.807, 2.05) is 19.1 Å². The number of benzene rings is 3. The van der Waals surface area contributed by atoms with Crippen molar-refractivity contribution in [3.63, 3.8) is 0 Å². The quantitative estimate of drug-likeness (QED) is 0.728. The molecule has 1 aliphatic rings. The summed E-state index contributed by atoms with van der Waals surface area (Å²) in [5, 5.41) is 9.66. The van der Waals surface area contributed by atoms with Crippen LogP contribution in [-0.2, 0) is 0 Å². The van der Waals surface area contributed by atoms with Crippen molar-refractivity contribution in [2.24, 2.45) is 0 Å². The SMILES string of the molecule is CCOc1cccc(C2Nc3cccc4cccc(c34)N2)c1. The van der Waals surface area contributed by atoms with Crippen LogP contribution in [0, 0.1) is 0 Å². The highest BCUT2D eigenvalue weighted by molar-refractivity contribution is 6.04. The van der Waals surface area contributed by atoms with E-state index in [9.17, 15) is 0 Å². The maximum atomic E-state index is 5.61. The molecule has 1 aliphatic heterocycles. The maximum Gasteiger partial charge on any atom is 0.123 e. The predicted octanol–water partition coefficient (Wildman–Crippen LogP) is 4.77. The second-order valence-electron chi connectivity index (χ2n) is 5.44. The zero-order chi connectivity index (χ0) is 14.9. The molecule has 22 heavy (non-hydrogen) atoms. The van der Waals surface area contributed by atoms with Gasteiger partial charge in [0.25, 0.3) is 0 Å².